The first-order chi connectivity index (χ1) is 14.0. The Kier molecular flexibility index (Phi) is 5.96. The Morgan fingerprint density at radius 1 is 1.10 bits per heavy atom. The molecule has 1 aromatic heterocycles. The number of hydrogen-bond donors (Lipinski definition) is 0. The number of amides is 1. The van der Waals surface area contributed by atoms with E-state index >= 15 is 0 Å². The molecule has 29 heavy (non-hydrogen) atoms. The van der Waals surface area contributed by atoms with Gasteiger partial charge in [0.25, 0.3) is 0 Å². The smallest absolute Gasteiger partial charge is 0.237 e. The van der Waals surface area contributed by atoms with Crippen LogP contribution in [-0.2, 0) is 4.79 Å². The van der Waals surface area contributed by atoms with Crippen LogP contribution < -0.4 is 4.90 Å². The quantitative estimate of drug-likeness (QED) is 0.558. The lowest BCUT2D eigenvalue weighted by Crippen LogP contribution is -2.33. The fourth-order valence-corrected chi connectivity index (χ4v) is 5.46. The molecule has 1 amide bonds. The maximum absolute atomic E-state index is 13.2. The van der Waals surface area contributed by atoms with Gasteiger partial charge in [-0.05, 0) is 44.0 Å². The number of hydrogen-bond acceptors (Lipinski definition) is 5. The van der Waals surface area contributed by atoms with Gasteiger partial charge in [-0.2, -0.15) is 0 Å². The van der Waals surface area contributed by atoms with Crippen molar-refractivity contribution < 1.29 is 4.79 Å². The second-order valence-corrected chi connectivity index (χ2v) is 9.59. The second-order valence-electron chi connectivity index (χ2n) is 7.17. The molecule has 0 spiro atoms. The average Bonchev–Trinajstić information content (AvgIpc) is 2.98. The van der Waals surface area contributed by atoms with E-state index in [9.17, 15) is 4.79 Å². The van der Waals surface area contributed by atoms with Crippen molar-refractivity contribution in [3.8, 4) is 5.69 Å². The first-order valence-corrected chi connectivity index (χ1v) is 11.6. The molecule has 0 N–H and O–H groups in total. The fraction of sp³-hybridized carbons (Fsp3) is 0.318. The van der Waals surface area contributed by atoms with E-state index in [1.54, 1.807) is 0 Å². The zero-order valence-electron chi connectivity index (χ0n) is 16.8. The van der Waals surface area contributed by atoms with Gasteiger partial charge in [-0.15, -0.1) is 22.0 Å². The molecule has 0 saturated heterocycles. The molecular weight excluding hydrogens is 400 g/mol. The third-order valence-corrected chi connectivity index (χ3v) is 7.17. The summed E-state index contributed by atoms with van der Waals surface area (Å²) in [6.45, 7) is 6.97. The fourth-order valence-electron chi connectivity index (χ4n) is 3.48. The van der Waals surface area contributed by atoms with Crippen molar-refractivity contribution in [1.82, 2.24) is 14.8 Å². The standard InChI is InChI=1S/C22H24N4OS2/c1-15-8-4-5-9-18(15)26-17(3)23-24-22(26)28-14-21(27)25-13-12-16(2)29-20-11-7-6-10-19(20)25/h4-11,16H,12-14H2,1-3H3/t16-/m1/s1. The Balaban J connectivity index is 1.55. The van der Waals surface area contributed by atoms with Crippen molar-refractivity contribution in [2.24, 2.45) is 0 Å². The van der Waals surface area contributed by atoms with Gasteiger partial charge in [0, 0.05) is 16.7 Å². The van der Waals surface area contributed by atoms with Crippen molar-refractivity contribution in [3.63, 3.8) is 0 Å². The normalized spacial score (nSPS) is 16.4. The van der Waals surface area contributed by atoms with E-state index < -0.39 is 0 Å². The highest BCUT2D eigenvalue weighted by Crippen LogP contribution is 2.37. The predicted octanol–water partition coefficient (Wildman–Crippen LogP) is 4.89. The monoisotopic (exact) mass is 424 g/mol. The van der Waals surface area contributed by atoms with Crippen LogP contribution in [0.2, 0.25) is 0 Å². The number of aryl methyl sites for hydroxylation is 2. The molecule has 150 valence electrons. The number of carbonyl (C=O) groups excluding carboxylic acids is 1. The lowest BCUT2D eigenvalue weighted by Gasteiger charge is -2.22. The summed E-state index contributed by atoms with van der Waals surface area (Å²) < 4.78 is 2.03. The molecule has 0 unspecified atom stereocenters. The predicted molar refractivity (Wildman–Crippen MR) is 120 cm³/mol. The molecule has 1 atom stereocenters. The molecule has 2 heterocycles. The molecular formula is C22H24N4OS2. The van der Waals surface area contributed by atoms with Crippen molar-refractivity contribution in [3.05, 3.63) is 59.9 Å². The number of para-hydroxylation sites is 2. The van der Waals surface area contributed by atoms with Gasteiger partial charge in [0.2, 0.25) is 5.91 Å². The Morgan fingerprint density at radius 3 is 2.62 bits per heavy atom. The topological polar surface area (TPSA) is 51.0 Å². The van der Waals surface area contributed by atoms with E-state index in [-0.39, 0.29) is 5.91 Å². The lowest BCUT2D eigenvalue weighted by atomic mass is 10.2. The van der Waals surface area contributed by atoms with Gasteiger partial charge in [0.1, 0.15) is 5.82 Å². The Labute approximate surface area is 179 Å². The number of carbonyl (C=O) groups is 1. The summed E-state index contributed by atoms with van der Waals surface area (Å²) in [5.41, 5.74) is 3.22. The van der Waals surface area contributed by atoms with E-state index in [1.165, 1.54) is 16.7 Å². The van der Waals surface area contributed by atoms with Crippen LogP contribution in [0.25, 0.3) is 5.69 Å². The van der Waals surface area contributed by atoms with E-state index in [0.717, 1.165) is 40.9 Å². The van der Waals surface area contributed by atoms with Crippen LogP contribution in [0.4, 0.5) is 5.69 Å². The summed E-state index contributed by atoms with van der Waals surface area (Å²) in [5.74, 6) is 1.26. The zero-order valence-corrected chi connectivity index (χ0v) is 18.5. The molecule has 0 aliphatic carbocycles. The van der Waals surface area contributed by atoms with Crippen LogP contribution in [0.1, 0.15) is 24.7 Å². The summed E-state index contributed by atoms with van der Waals surface area (Å²) in [7, 11) is 0. The first kappa shape index (κ1) is 20.0. The largest absolute Gasteiger partial charge is 0.311 e. The highest BCUT2D eigenvalue weighted by molar-refractivity contribution is 8.00. The summed E-state index contributed by atoms with van der Waals surface area (Å²) >= 11 is 3.29. The summed E-state index contributed by atoms with van der Waals surface area (Å²) in [6, 6.07) is 16.3. The first-order valence-electron chi connectivity index (χ1n) is 9.71. The van der Waals surface area contributed by atoms with Crippen molar-refractivity contribution in [2.75, 3.05) is 17.2 Å². The second kappa shape index (κ2) is 8.63. The van der Waals surface area contributed by atoms with Crippen LogP contribution in [0, 0.1) is 13.8 Å². The molecule has 3 aromatic rings. The average molecular weight is 425 g/mol. The molecule has 4 rings (SSSR count). The molecule has 1 aliphatic heterocycles. The van der Waals surface area contributed by atoms with E-state index in [0.29, 0.717) is 11.0 Å². The summed E-state index contributed by atoms with van der Waals surface area (Å²) in [6.07, 6.45) is 0.980. The van der Waals surface area contributed by atoms with Gasteiger partial charge >= 0.3 is 0 Å². The summed E-state index contributed by atoms with van der Waals surface area (Å²) in [5, 5.41) is 9.82. The molecule has 1 aliphatic rings. The van der Waals surface area contributed by atoms with Gasteiger partial charge in [0.05, 0.1) is 17.1 Å². The number of benzene rings is 2. The Morgan fingerprint density at radius 2 is 1.83 bits per heavy atom. The SMILES string of the molecule is Cc1ccccc1-n1c(C)nnc1SCC(=O)N1CC[C@@H](C)Sc2ccccc21. The number of rotatable bonds is 4. The zero-order chi connectivity index (χ0) is 20.4. The van der Waals surface area contributed by atoms with Crippen molar-refractivity contribution >= 4 is 35.1 Å². The van der Waals surface area contributed by atoms with Gasteiger partial charge < -0.3 is 4.90 Å². The van der Waals surface area contributed by atoms with E-state index in [4.69, 9.17) is 0 Å². The van der Waals surface area contributed by atoms with Gasteiger partial charge in [-0.3, -0.25) is 9.36 Å². The third kappa shape index (κ3) is 4.21. The molecule has 0 saturated carbocycles. The van der Waals surface area contributed by atoms with Crippen LogP contribution in [0.5, 0.6) is 0 Å². The van der Waals surface area contributed by atoms with Crippen LogP contribution in [0.15, 0.2) is 58.6 Å². The highest BCUT2D eigenvalue weighted by Gasteiger charge is 2.25. The number of nitrogens with zero attached hydrogens (tertiary/aromatic N) is 4. The van der Waals surface area contributed by atoms with Crippen LogP contribution >= 0.6 is 23.5 Å². The lowest BCUT2D eigenvalue weighted by molar-refractivity contribution is -0.116. The van der Waals surface area contributed by atoms with Crippen molar-refractivity contribution in [1.29, 1.82) is 0 Å². The number of thioether (sulfide) groups is 2. The van der Waals surface area contributed by atoms with E-state index in [2.05, 4.69) is 42.2 Å². The Bertz CT molecular complexity index is 1030. The maximum Gasteiger partial charge on any atom is 0.237 e. The van der Waals surface area contributed by atoms with Gasteiger partial charge in [-0.25, -0.2) is 0 Å². The van der Waals surface area contributed by atoms with Gasteiger partial charge in [0.15, 0.2) is 5.16 Å². The Hall–Kier alpha value is -2.25. The minimum atomic E-state index is 0.106. The van der Waals surface area contributed by atoms with Crippen LogP contribution in [-0.4, -0.2) is 38.2 Å². The highest BCUT2D eigenvalue weighted by atomic mass is 32.2. The maximum atomic E-state index is 13.2. The van der Waals surface area contributed by atoms with Crippen molar-refractivity contribution in [2.45, 2.75) is 42.5 Å². The number of aromatic nitrogens is 3. The number of anilines is 1. The summed E-state index contributed by atoms with van der Waals surface area (Å²) in [4.78, 5) is 16.3. The minimum absolute atomic E-state index is 0.106. The molecule has 0 radical (unpaired) electrons. The minimum Gasteiger partial charge on any atom is -0.311 e. The van der Waals surface area contributed by atoms with E-state index in [1.807, 2.05) is 58.5 Å². The molecule has 2 aromatic carbocycles. The molecule has 0 fully saturated rings. The van der Waals surface area contributed by atoms with Crippen LogP contribution in [0.3, 0.4) is 0 Å². The molecule has 7 heteroatoms. The molecule has 0 bridgehead atoms. The third-order valence-electron chi connectivity index (χ3n) is 5.02. The van der Waals surface area contributed by atoms with Gasteiger partial charge in [-0.1, -0.05) is 49.0 Å². The number of fused-ring (bicyclic) bond motifs is 1. The molecule has 5 nitrogen and oxygen atoms in total.